The summed E-state index contributed by atoms with van der Waals surface area (Å²) in [7, 11) is 0. The Balaban J connectivity index is 0.000000255. The summed E-state index contributed by atoms with van der Waals surface area (Å²) in [4.78, 5) is 14.3. The van der Waals surface area contributed by atoms with Gasteiger partial charge in [-0.25, -0.2) is 15.0 Å². The van der Waals surface area contributed by atoms with Crippen molar-refractivity contribution in [3.05, 3.63) is 51.3 Å². The molecule has 0 N–H and O–H groups in total. The molecule has 0 aliphatic rings. The molecule has 0 amide bonds. The predicted molar refractivity (Wildman–Crippen MR) is 144 cm³/mol. The number of rotatable bonds is 6. The van der Waals surface area contributed by atoms with Gasteiger partial charge in [0.25, 0.3) is 0 Å². The van der Waals surface area contributed by atoms with Crippen LogP contribution in [0.3, 0.4) is 0 Å². The molecule has 192 valence electrons. The topological polar surface area (TPSA) is 65.0 Å². The summed E-state index contributed by atoms with van der Waals surface area (Å²) in [5.41, 5.74) is 5.44. The molecule has 0 aromatic carbocycles. The Morgan fingerprint density at radius 2 is 1.15 bits per heavy atom. The van der Waals surface area contributed by atoms with Crippen molar-refractivity contribution in [3.63, 3.8) is 0 Å². The number of hydrogen-bond acceptors (Lipinski definition) is 6. The zero-order chi connectivity index (χ0) is 26.2. The molecule has 6 heteroatoms. The fraction of sp³-hybridized carbons (Fsp3) is 0.679. The van der Waals surface area contributed by atoms with Gasteiger partial charge in [-0.05, 0) is 23.7 Å². The van der Waals surface area contributed by atoms with E-state index in [9.17, 15) is 0 Å². The zero-order valence-electron chi connectivity index (χ0n) is 23.7. The highest BCUT2D eigenvalue weighted by molar-refractivity contribution is 7.09. The highest BCUT2D eigenvalue weighted by Gasteiger charge is 2.16. The molecule has 0 spiro atoms. The lowest BCUT2D eigenvalue weighted by atomic mass is 10.0. The number of thiazole rings is 1. The van der Waals surface area contributed by atoms with Crippen molar-refractivity contribution in [2.45, 2.75) is 126 Å². The molecule has 0 bridgehead atoms. The van der Waals surface area contributed by atoms with E-state index < -0.39 is 0 Å². The van der Waals surface area contributed by atoms with Crippen LogP contribution in [0.2, 0.25) is 0 Å². The van der Waals surface area contributed by atoms with Crippen molar-refractivity contribution >= 4 is 11.3 Å². The Morgan fingerprint density at radius 3 is 1.50 bits per heavy atom. The molecule has 3 aromatic heterocycles. The lowest BCUT2D eigenvalue weighted by Crippen LogP contribution is -1.95. The minimum atomic E-state index is 0.434. The molecule has 3 rings (SSSR count). The maximum Gasteiger partial charge on any atom is 0.191 e. The van der Waals surface area contributed by atoms with Gasteiger partial charge in [-0.3, -0.25) is 0 Å². The van der Waals surface area contributed by atoms with E-state index in [0.29, 0.717) is 35.5 Å². The van der Waals surface area contributed by atoms with E-state index in [2.05, 4.69) is 98.0 Å². The summed E-state index contributed by atoms with van der Waals surface area (Å²) in [6, 6.07) is 0. The van der Waals surface area contributed by atoms with Crippen molar-refractivity contribution in [3.8, 4) is 0 Å². The van der Waals surface area contributed by atoms with Gasteiger partial charge in [0.1, 0.15) is 11.5 Å². The van der Waals surface area contributed by atoms with Crippen LogP contribution in [0.5, 0.6) is 0 Å². The van der Waals surface area contributed by atoms with Gasteiger partial charge in [-0.1, -0.05) is 83.1 Å². The van der Waals surface area contributed by atoms with Crippen LogP contribution in [0.15, 0.2) is 20.7 Å². The van der Waals surface area contributed by atoms with Crippen molar-refractivity contribution in [1.29, 1.82) is 0 Å². The van der Waals surface area contributed by atoms with Crippen LogP contribution in [-0.4, -0.2) is 15.0 Å². The second-order valence-corrected chi connectivity index (χ2v) is 11.5. The second-order valence-electron chi connectivity index (χ2n) is 10.6. The summed E-state index contributed by atoms with van der Waals surface area (Å²) < 4.78 is 10.8. The number of hydrogen-bond donors (Lipinski definition) is 0. The molecule has 5 nitrogen and oxygen atoms in total. The van der Waals surface area contributed by atoms with Gasteiger partial charge in [0.05, 0.1) is 22.6 Å². The highest BCUT2D eigenvalue weighted by Crippen LogP contribution is 2.28. The standard InChI is InChI=1S/C10H17NO.C9H15NO.C9H15NS/c1-6(2)9-10(7(3)4)12-8(5)11-9;2*1-6(2)8-9(7(3)4)11-5-10-8/h6-7H,1-5H3;2*5-7H,1-4H3. The Morgan fingerprint density at radius 1 is 0.618 bits per heavy atom. The molecule has 0 saturated carbocycles. The van der Waals surface area contributed by atoms with Gasteiger partial charge in [-0.2, -0.15) is 0 Å². The largest absolute Gasteiger partial charge is 0.448 e. The average molecular weight is 490 g/mol. The van der Waals surface area contributed by atoms with Crippen LogP contribution in [0.4, 0.5) is 0 Å². The monoisotopic (exact) mass is 489 g/mol. The summed E-state index contributed by atoms with van der Waals surface area (Å²) in [6.45, 7) is 27.8. The minimum Gasteiger partial charge on any atom is -0.448 e. The molecule has 0 aliphatic heterocycles. The number of aromatic nitrogens is 3. The number of aryl methyl sites for hydroxylation is 1. The van der Waals surface area contributed by atoms with E-state index in [1.807, 2.05) is 12.4 Å². The summed E-state index contributed by atoms with van der Waals surface area (Å²) in [5.74, 6) is 5.84. The fourth-order valence-corrected chi connectivity index (χ4v) is 4.51. The maximum absolute atomic E-state index is 5.53. The van der Waals surface area contributed by atoms with Gasteiger partial charge in [0.2, 0.25) is 0 Å². The minimum absolute atomic E-state index is 0.434. The first-order valence-electron chi connectivity index (χ1n) is 12.6. The van der Waals surface area contributed by atoms with Gasteiger partial charge in [0.15, 0.2) is 12.3 Å². The quantitative estimate of drug-likeness (QED) is 0.345. The normalized spacial score (nSPS) is 11.5. The van der Waals surface area contributed by atoms with E-state index in [0.717, 1.165) is 28.8 Å². The van der Waals surface area contributed by atoms with Crippen LogP contribution in [-0.2, 0) is 0 Å². The smallest absolute Gasteiger partial charge is 0.191 e. The molecule has 0 atom stereocenters. The SMILES string of the molecule is CC(C)c1ncoc1C(C)C.CC(C)c1ncsc1C(C)C.Cc1nc(C(C)C)c(C(C)C)o1. The molecule has 0 aliphatic carbocycles. The van der Waals surface area contributed by atoms with E-state index in [-0.39, 0.29) is 0 Å². The third-order valence-corrected chi connectivity index (χ3v) is 6.39. The van der Waals surface area contributed by atoms with Crippen LogP contribution < -0.4 is 0 Å². The second kappa shape index (κ2) is 13.8. The van der Waals surface area contributed by atoms with Gasteiger partial charge in [-0.15, -0.1) is 11.3 Å². The van der Waals surface area contributed by atoms with E-state index in [1.165, 1.54) is 17.0 Å². The Labute approximate surface area is 211 Å². The van der Waals surface area contributed by atoms with Crippen molar-refractivity contribution in [1.82, 2.24) is 15.0 Å². The van der Waals surface area contributed by atoms with E-state index in [1.54, 1.807) is 11.3 Å². The first-order chi connectivity index (χ1) is 15.8. The molecule has 0 saturated heterocycles. The van der Waals surface area contributed by atoms with E-state index in [4.69, 9.17) is 8.83 Å². The molecular weight excluding hydrogens is 442 g/mol. The predicted octanol–water partition coefficient (Wildman–Crippen LogP) is 9.54. The summed E-state index contributed by atoms with van der Waals surface area (Å²) >= 11 is 1.77. The molecule has 34 heavy (non-hydrogen) atoms. The Kier molecular flexibility index (Phi) is 12.2. The zero-order valence-corrected chi connectivity index (χ0v) is 24.5. The Bertz CT molecular complexity index is 841. The maximum atomic E-state index is 5.53. The molecule has 3 heterocycles. The average Bonchev–Trinajstić information content (AvgIpc) is 3.47. The van der Waals surface area contributed by atoms with Crippen molar-refractivity contribution in [2.24, 2.45) is 0 Å². The third-order valence-electron chi connectivity index (χ3n) is 5.25. The van der Waals surface area contributed by atoms with Crippen LogP contribution in [0.1, 0.15) is 158 Å². The number of oxazole rings is 2. The van der Waals surface area contributed by atoms with Gasteiger partial charge < -0.3 is 8.83 Å². The number of nitrogens with zero attached hydrogens (tertiary/aromatic N) is 3. The lowest BCUT2D eigenvalue weighted by Gasteiger charge is -2.07. The van der Waals surface area contributed by atoms with Crippen LogP contribution in [0, 0.1) is 6.92 Å². The van der Waals surface area contributed by atoms with Gasteiger partial charge >= 0.3 is 0 Å². The summed E-state index contributed by atoms with van der Waals surface area (Å²) in [5, 5.41) is 0. The van der Waals surface area contributed by atoms with Gasteiger partial charge in [0, 0.05) is 23.6 Å². The highest BCUT2D eigenvalue weighted by atomic mass is 32.1. The molecular formula is C28H47N3O2S. The third kappa shape index (κ3) is 8.68. The van der Waals surface area contributed by atoms with E-state index >= 15 is 0 Å². The first-order valence-corrected chi connectivity index (χ1v) is 13.5. The molecule has 0 radical (unpaired) electrons. The molecule has 3 aromatic rings. The Hall–Kier alpha value is -1.95. The van der Waals surface area contributed by atoms with Crippen molar-refractivity contribution < 1.29 is 8.83 Å². The van der Waals surface area contributed by atoms with Crippen molar-refractivity contribution in [2.75, 3.05) is 0 Å². The fourth-order valence-electron chi connectivity index (χ4n) is 3.54. The van der Waals surface area contributed by atoms with Crippen LogP contribution in [0.25, 0.3) is 0 Å². The molecule has 0 unspecified atom stereocenters. The lowest BCUT2D eigenvalue weighted by molar-refractivity contribution is 0.453. The van der Waals surface area contributed by atoms with Crippen LogP contribution >= 0.6 is 11.3 Å². The molecule has 0 fully saturated rings. The first kappa shape index (κ1) is 30.1. The summed E-state index contributed by atoms with van der Waals surface area (Å²) in [6.07, 6.45) is 1.53.